The number of anilines is 1. The van der Waals surface area contributed by atoms with Gasteiger partial charge in [0.1, 0.15) is 0 Å². The second-order valence-electron chi connectivity index (χ2n) is 7.95. The Kier molecular flexibility index (Phi) is 7.72. The third-order valence-electron chi connectivity index (χ3n) is 5.19. The van der Waals surface area contributed by atoms with Gasteiger partial charge in [0.25, 0.3) is 11.8 Å². The zero-order chi connectivity index (χ0) is 24.8. The van der Waals surface area contributed by atoms with E-state index in [1.165, 1.54) is 26.4 Å². The topological polar surface area (TPSA) is 123 Å². The molecule has 34 heavy (non-hydrogen) atoms. The van der Waals surface area contributed by atoms with Gasteiger partial charge in [-0.2, -0.15) is 0 Å². The third-order valence-corrected chi connectivity index (χ3v) is 5.19. The lowest BCUT2D eigenvalue weighted by molar-refractivity contribution is -0.151. The maximum Gasteiger partial charge on any atom is 0.311 e. The summed E-state index contributed by atoms with van der Waals surface area (Å²) < 4.78 is 15.4. The quantitative estimate of drug-likeness (QED) is 0.567. The molecule has 0 saturated carbocycles. The van der Waals surface area contributed by atoms with Crippen molar-refractivity contribution in [2.45, 2.75) is 20.3 Å². The van der Waals surface area contributed by atoms with Crippen LogP contribution in [0.25, 0.3) is 0 Å². The first kappa shape index (κ1) is 24.6. The zero-order valence-electron chi connectivity index (χ0n) is 19.5. The molecule has 0 aliphatic carbocycles. The molecule has 1 aliphatic heterocycles. The normalized spacial score (nSPS) is 15.0. The lowest BCUT2D eigenvalue weighted by Crippen LogP contribution is -2.43. The van der Waals surface area contributed by atoms with Crippen LogP contribution in [0, 0.1) is 19.8 Å². The van der Waals surface area contributed by atoms with Gasteiger partial charge in [0.15, 0.2) is 18.1 Å². The van der Waals surface area contributed by atoms with Gasteiger partial charge in [0, 0.05) is 17.7 Å². The number of hydrazine groups is 1. The minimum absolute atomic E-state index is 0.0601. The van der Waals surface area contributed by atoms with E-state index >= 15 is 0 Å². The monoisotopic (exact) mass is 469 g/mol. The van der Waals surface area contributed by atoms with Crippen molar-refractivity contribution >= 4 is 29.4 Å². The number of aryl methyl sites for hydroxylation is 2. The molecule has 2 N–H and O–H groups in total. The summed E-state index contributed by atoms with van der Waals surface area (Å²) >= 11 is 0. The fourth-order valence-electron chi connectivity index (χ4n) is 3.64. The van der Waals surface area contributed by atoms with Crippen molar-refractivity contribution in [3.05, 3.63) is 53.1 Å². The highest BCUT2D eigenvalue weighted by atomic mass is 16.5. The van der Waals surface area contributed by atoms with Gasteiger partial charge in [-0.3, -0.25) is 29.6 Å². The van der Waals surface area contributed by atoms with Gasteiger partial charge < -0.3 is 19.5 Å². The van der Waals surface area contributed by atoms with E-state index in [-0.39, 0.29) is 18.5 Å². The molecule has 10 heteroatoms. The van der Waals surface area contributed by atoms with Crippen molar-refractivity contribution in [2.24, 2.45) is 5.92 Å². The number of hydrogen-bond acceptors (Lipinski definition) is 7. The fourth-order valence-corrected chi connectivity index (χ4v) is 3.64. The Morgan fingerprint density at radius 1 is 1.00 bits per heavy atom. The highest BCUT2D eigenvalue weighted by Gasteiger charge is 2.36. The largest absolute Gasteiger partial charge is 0.493 e. The Morgan fingerprint density at radius 2 is 1.68 bits per heavy atom. The van der Waals surface area contributed by atoms with E-state index in [9.17, 15) is 19.2 Å². The molecule has 0 radical (unpaired) electrons. The van der Waals surface area contributed by atoms with Gasteiger partial charge in [-0.15, -0.1) is 0 Å². The van der Waals surface area contributed by atoms with Crippen LogP contribution >= 0.6 is 0 Å². The number of rotatable bonds is 8. The molecule has 10 nitrogen and oxygen atoms in total. The predicted molar refractivity (Wildman–Crippen MR) is 122 cm³/mol. The summed E-state index contributed by atoms with van der Waals surface area (Å²) in [5, 5.41) is 3.75. The first-order chi connectivity index (χ1) is 16.2. The molecule has 1 atom stereocenters. The summed E-state index contributed by atoms with van der Waals surface area (Å²) in [6.45, 7) is 3.29. The van der Waals surface area contributed by atoms with Crippen molar-refractivity contribution < 1.29 is 33.4 Å². The van der Waals surface area contributed by atoms with Gasteiger partial charge >= 0.3 is 5.97 Å². The van der Waals surface area contributed by atoms with E-state index < -0.39 is 36.2 Å². The summed E-state index contributed by atoms with van der Waals surface area (Å²) in [7, 11) is 2.93. The molecule has 1 heterocycles. The van der Waals surface area contributed by atoms with Crippen molar-refractivity contribution in [3.8, 4) is 11.5 Å². The zero-order valence-corrected chi connectivity index (χ0v) is 19.5. The minimum atomic E-state index is -0.799. The summed E-state index contributed by atoms with van der Waals surface area (Å²) in [5.74, 6) is -2.13. The van der Waals surface area contributed by atoms with Crippen LogP contribution in [0.3, 0.4) is 0 Å². The number of nitrogens with one attached hydrogen (secondary N) is 2. The number of nitrogens with zero attached hydrogens (tertiary/aromatic N) is 1. The van der Waals surface area contributed by atoms with Crippen LogP contribution in [-0.4, -0.2) is 56.1 Å². The van der Waals surface area contributed by atoms with Crippen LogP contribution in [-0.2, 0) is 19.1 Å². The number of amides is 3. The molecular formula is C24H27N3O7. The highest BCUT2D eigenvalue weighted by molar-refractivity contribution is 5.97. The van der Waals surface area contributed by atoms with Gasteiger partial charge in [0.2, 0.25) is 5.91 Å². The molecule has 0 spiro atoms. The van der Waals surface area contributed by atoms with E-state index in [1.54, 1.807) is 18.2 Å². The standard InChI is InChI=1S/C24H27N3O7/c1-14-7-15(2)9-18(8-14)25-21(28)13-34-24(31)17-11-22(29)27(12-17)26-23(30)16-5-6-19(32-3)20(10-16)33-4/h5-10,17H,11-13H2,1-4H3,(H,25,28)(H,26,30)/t17-/m1/s1. The van der Waals surface area contributed by atoms with Crippen LogP contribution < -0.4 is 20.2 Å². The second kappa shape index (κ2) is 10.7. The maximum absolute atomic E-state index is 12.6. The molecule has 1 aliphatic rings. The van der Waals surface area contributed by atoms with Crippen molar-refractivity contribution in [2.75, 3.05) is 32.7 Å². The Hall–Kier alpha value is -4.08. The van der Waals surface area contributed by atoms with Crippen molar-refractivity contribution in [1.29, 1.82) is 0 Å². The highest BCUT2D eigenvalue weighted by Crippen LogP contribution is 2.27. The maximum atomic E-state index is 12.6. The van der Waals surface area contributed by atoms with Crippen molar-refractivity contribution in [1.82, 2.24) is 10.4 Å². The van der Waals surface area contributed by atoms with E-state index in [1.807, 2.05) is 19.9 Å². The minimum Gasteiger partial charge on any atom is -0.493 e. The predicted octanol–water partition coefficient (Wildman–Crippen LogP) is 2.00. The molecular weight excluding hydrogens is 442 g/mol. The van der Waals surface area contributed by atoms with Gasteiger partial charge in [0.05, 0.1) is 26.7 Å². The van der Waals surface area contributed by atoms with Crippen LogP contribution in [0.4, 0.5) is 5.69 Å². The van der Waals surface area contributed by atoms with Crippen LogP contribution in [0.2, 0.25) is 0 Å². The summed E-state index contributed by atoms with van der Waals surface area (Å²) in [5.41, 5.74) is 5.33. The number of carbonyl (C=O) groups excluding carboxylic acids is 4. The van der Waals surface area contributed by atoms with E-state index in [0.717, 1.165) is 16.1 Å². The lowest BCUT2D eigenvalue weighted by Gasteiger charge is -2.18. The molecule has 180 valence electrons. The summed E-state index contributed by atoms with van der Waals surface area (Å²) in [6, 6.07) is 10.2. The Labute approximate surface area is 197 Å². The number of benzene rings is 2. The second-order valence-corrected chi connectivity index (χ2v) is 7.95. The molecule has 1 fully saturated rings. The van der Waals surface area contributed by atoms with E-state index in [2.05, 4.69) is 10.7 Å². The average Bonchev–Trinajstić information content (AvgIpc) is 3.16. The molecule has 0 bridgehead atoms. The Morgan fingerprint density at radius 3 is 2.32 bits per heavy atom. The van der Waals surface area contributed by atoms with Crippen LogP contribution in [0.15, 0.2) is 36.4 Å². The average molecular weight is 469 g/mol. The summed E-state index contributed by atoms with van der Waals surface area (Å²) in [6.07, 6.45) is -0.135. The number of esters is 1. The molecule has 2 aromatic rings. The molecule has 3 amide bonds. The first-order valence-electron chi connectivity index (χ1n) is 10.6. The van der Waals surface area contributed by atoms with Gasteiger partial charge in [-0.25, -0.2) is 0 Å². The number of hydrogen-bond donors (Lipinski definition) is 2. The SMILES string of the molecule is COc1ccc(C(=O)NN2C[C@H](C(=O)OCC(=O)Nc3cc(C)cc(C)c3)CC2=O)cc1OC. The van der Waals surface area contributed by atoms with E-state index in [4.69, 9.17) is 14.2 Å². The van der Waals surface area contributed by atoms with Gasteiger partial charge in [-0.05, 0) is 55.3 Å². The van der Waals surface area contributed by atoms with E-state index in [0.29, 0.717) is 17.2 Å². The van der Waals surface area contributed by atoms with Crippen molar-refractivity contribution in [3.63, 3.8) is 0 Å². The van der Waals surface area contributed by atoms with Gasteiger partial charge in [-0.1, -0.05) is 6.07 Å². The number of carbonyl (C=O) groups is 4. The van der Waals surface area contributed by atoms with Crippen LogP contribution in [0.1, 0.15) is 27.9 Å². The Balaban J connectivity index is 1.52. The van der Waals surface area contributed by atoms with Crippen LogP contribution in [0.5, 0.6) is 11.5 Å². The summed E-state index contributed by atoms with van der Waals surface area (Å²) in [4.78, 5) is 49.4. The molecule has 1 saturated heterocycles. The number of ether oxygens (including phenoxy) is 3. The Bertz CT molecular complexity index is 1100. The molecule has 0 aromatic heterocycles. The number of methoxy groups -OCH3 is 2. The smallest absolute Gasteiger partial charge is 0.311 e. The first-order valence-corrected chi connectivity index (χ1v) is 10.6. The molecule has 0 unspecified atom stereocenters. The molecule has 3 rings (SSSR count). The third kappa shape index (κ3) is 6.03. The lowest BCUT2D eigenvalue weighted by atomic mass is 10.1. The molecule has 2 aromatic carbocycles. The fraction of sp³-hybridized carbons (Fsp3) is 0.333.